The zero-order valence-corrected chi connectivity index (χ0v) is 17.4. The van der Waals surface area contributed by atoms with Crippen molar-refractivity contribution < 1.29 is 0 Å². The van der Waals surface area contributed by atoms with E-state index in [4.69, 9.17) is 28.5 Å². The predicted molar refractivity (Wildman–Crippen MR) is 119 cm³/mol. The van der Waals surface area contributed by atoms with Crippen LogP contribution in [0.15, 0.2) is 72.8 Å². The zero-order chi connectivity index (χ0) is 20.2. The lowest BCUT2D eigenvalue weighted by Gasteiger charge is -2.43. The smallest absolute Gasteiger partial charge is 0.0992 e. The Morgan fingerprint density at radius 3 is 2.38 bits per heavy atom. The van der Waals surface area contributed by atoms with Gasteiger partial charge in [0.05, 0.1) is 28.4 Å². The maximum absolute atomic E-state index is 9.15. The summed E-state index contributed by atoms with van der Waals surface area (Å²) in [4.78, 5) is 4.82. The van der Waals surface area contributed by atoms with Gasteiger partial charge in [0, 0.05) is 31.2 Å². The average Bonchev–Trinajstić information content (AvgIpc) is 2.75. The topological polar surface area (TPSA) is 30.3 Å². The fourth-order valence-electron chi connectivity index (χ4n) is 3.89. The van der Waals surface area contributed by atoms with E-state index in [9.17, 15) is 0 Å². The summed E-state index contributed by atoms with van der Waals surface area (Å²) in [5.74, 6) is 0. The maximum atomic E-state index is 9.15. The number of rotatable bonds is 4. The summed E-state index contributed by atoms with van der Waals surface area (Å²) >= 11 is 12.7. The van der Waals surface area contributed by atoms with Gasteiger partial charge in [-0.25, -0.2) is 0 Å². The molecule has 1 heterocycles. The average molecular weight is 422 g/mol. The maximum Gasteiger partial charge on any atom is 0.0992 e. The number of nitrogens with zero attached hydrogens (tertiary/aromatic N) is 3. The van der Waals surface area contributed by atoms with Gasteiger partial charge in [-0.2, -0.15) is 5.26 Å². The van der Waals surface area contributed by atoms with Crippen LogP contribution in [0.1, 0.15) is 22.7 Å². The molecule has 146 valence electrons. The number of anilines is 1. The van der Waals surface area contributed by atoms with Crippen molar-refractivity contribution in [1.82, 2.24) is 4.90 Å². The number of hydrogen-bond donors (Lipinski definition) is 0. The highest BCUT2D eigenvalue weighted by atomic mass is 35.5. The molecule has 3 aromatic carbocycles. The first kappa shape index (κ1) is 19.8. The molecule has 0 spiro atoms. The first-order valence-corrected chi connectivity index (χ1v) is 10.4. The number of halogens is 2. The summed E-state index contributed by atoms with van der Waals surface area (Å²) in [6.45, 7) is 3.59. The fraction of sp³-hybridized carbons (Fsp3) is 0.208. The molecule has 1 aliphatic rings. The molecule has 0 N–H and O–H groups in total. The Labute approximate surface area is 181 Å². The molecule has 0 aliphatic carbocycles. The van der Waals surface area contributed by atoms with Gasteiger partial charge in [0.2, 0.25) is 0 Å². The molecule has 4 rings (SSSR count). The lowest BCUT2D eigenvalue weighted by atomic mass is 10.0. The first-order chi connectivity index (χ1) is 14.1. The van der Waals surface area contributed by atoms with E-state index in [0.29, 0.717) is 10.6 Å². The van der Waals surface area contributed by atoms with Crippen LogP contribution in [0.4, 0.5) is 5.69 Å². The molecule has 3 nitrogen and oxygen atoms in total. The molecule has 0 bridgehead atoms. The Morgan fingerprint density at radius 1 is 0.931 bits per heavy atom. The van der Waals surface area contributed by atoms with Gasteiger partial charge in [0.25, 0.3) is 0 Å². The molecule has 0 aromatic heterocycles. The molecule has 0 saturated carbocycles. The second-order valence-electron chi connectivity index (χ2n) is 7.26. The molecule has 3 aromatic rings. The van der Waals surface area contributed by atoms with Crippen molar-refractivity contribution in [2.45, 2.75) is 12.6 Å². The molecule has 1 fully saturated rings. The Bertz CT molecular complexity index is 1010. The monoisotopic (exact) mass is 421 g/mol. The Kier molecular flexibility index (Phi) is 6.06. The highest BCUT2D eigenvalue weighted by molar-refractivity contribution is 6.33. The second-order valence-corrected chi connectivity index (χ2v) is 8.10. The second kappa shape index (κ2) is 8.88. The third-order valence-corrected chi connectivity index (χ3v) is 5.91. The molecular formula is C24H21Cl2N3. The van der Waals surface area contributed by atoms with Gasteiger partial charge >= 0.3 is 0 Å². The fourth-order valence-corrected chi connectivity index (χ4v) is 4.31. The van der Waals surface area contributed by atoms with Crippen LogP contribution in [0.25, 0.3) is 0 Å². The number of hydrogen-bond acceptors (Lipinski definition) is 3. The van der Waals surface area contributed by atoms with Crippen molar-refractivity contribution in [1.29, 1.82) is 5.26 Å². The van der Waals surface area contributed by atoms with E-state index in [1.165, 1.54) is 11.1 Å². The van der Waals surface area contributed by atoms with Gasteiger partial charge in [0.1, 0.15) is 0 Å². The Balaban J connectivity index is 1.64. The van der Waals surface area contributed by atoms with Gasteiger partial charge in [0.15, 0.2) is 0 Å². The van der Waals surface area contributed by atoms with E-state index in [1.807, 2.05) is 30.3 Å². The van der Waals surface area contributed by atoms with Crippen molar-refractivity contribution in [2.75, 3.05) is 24.5 Å². The van der Waals surface area contributed by atoms with Crippen molar-refractivity contribution >= 4 is 28.9 Å². The lowest BCUT2D eigenvalue weighted by Crippen LogP contribution is -2.48. The lowest BCUT2D eigenvalue weighted by molar-refractivity contribution is 0.215. The molecular weight excluding hydrogens is 401 g/mol. The predicted octanol–water partition coefficient (Wildman–Crippen LogP) is 5.93. The van der Waals surface area contributed by atoms with Gasteiger partial charge in [-0.1, -0.05) is 65.7 Å². The van der Waals surface area contributed by atoms with E-state index < -0.39 is 0 Å². The summed E-state index contributed by atoms with van der Waals surface area (Å²) < 4.78 is 0. The Morgan fingerprint density at radius 2 is 1.69 bits per heavy atom. The van der Waals surface area contributed by atoms with Crippen molar-refractivity contribution in [3.8, 4) is 6.07 Å². The SMILES string of the molecule is N#Cc1ccc(N2CCN(Cc3ccccc3)CC2c2ccc(Cl)cc2)c(Cl)c1. The van der Waals surface area contributed by atoms with Crippen molar-refractivity contribution in [2.24, 2.45) is 0 Å². The first-order valence-electron chi connectivity index (χ1n) is 9.62. The largest absolute Gasteiger partial charge is 0.361 e. The minimum absolute atomic E-state index is 0.148. The third-order valence-electron chi connectivity index (χ3n) is 5.35. The summed E-state index contributed by atoms with van der Waals surface area (Å²) in [5, 5.41) is 10.5. The van der Waals surface area contributed by atoms with E-state index >= 15 is 0 Å². The van der Waals surface area contributed by atoms with Gasteiger partial charge in [-0.05, 0) is 41.5 Å². The van der Waals surface area contributed by atoms with Crippen LogP contribution in [0.5, 0.6) is 0 Å². The van der Waals surface area contributed by atoms with Gasteiger partial charge in [-0.15, -0.1) is 0 Å². The molecule has 1 unspecified atom stereocenters. The van der Waals surface area contributed by atoms with E-state index in [0.717, 1.165) is 36.9 Å². The van der Waals surface area contributed by atoms with Crippen LogP contribution in [0.3, 0.4) is 0 Å². The van der Waals surface area contributed by atoms with E-state index in [-0.39, 0.29) is 6.04 Å². The van der Waals surface area contributed by atoms with Crippen molar-refractivity contribution in [3.63, 3.8) is 0 Å². The summed E-state index contributed by atoms with van der Waals surface area (Å²) in [6, 6.07) is 26.4. The zero-order valence-electron chi connectivity index (χ0n) is 15.9. The normalized spacial score (nSPS) is 17.1. The number of nitriles is 1. The Hall–Kier alpha value is -2.51. The third kappa shape index (κ3) is 4.57. The van der Waals surface area contributed by atoms with Crippen LogP contribution in [0.2, 0.25) is 10.0 Å². The number of piperazine rings is 1. The molecule has 29 heavy (non-hydrogen) atoms. The van der Waals surface area contributed by atoms with Crippen LogP contribution < -0.4 is 4.90 Å². The standard InChI is InChI=1S/C24H21Cl2N3/c25-21-9-7-20(8-10-21)24-17-28(16-18-4-2-1-3-5-18)12-13-29(24)23-11-6-19(15-27)14-22(23)26/h1-11,14,24H,12-13,16-17H2. The van der Waals surface area contributed by atoms with E-state index in [2.05, 4.69) is 52.3 Å². The minimum atomic E-state index is 0.148. The summed E-state index contributed by atoms with van der Waals surface area (Å²) in [7, 11) is 0. The van der Waals surface area contributed by atoms with Gasteiger partial charge in [-0.3, -0.25) is 4.90 Å². The molecule has 1 saturated heterocycles. The molecule has 0 amide bonds. The van der Waals surface area contributed by atoms with Gasteiger partial charge < -0.3 is 4.90 Å². The minimum Gasteiger partial charge on any atom is -0.361 e. The van der Waals surface area contributed by atoms with Crippen LogP contribution in [-0.4, -0.2) is 24.5 Å². The van der Waals surface area contributed by atoms with Crippen LogP contribution in [0, 0.1) is 11.3 Å². The van der Waals surface area contributed by atoms with Crippen LogP contribution in [-0.2, 0) is 6.54 Å². The number of benzene rings is 3. The quantitative estimate of drug-likeness (QED) is 0.522. The molecule has 5 heteroatoms. The molecule has 1 aliphatic heterocycles. The van der Waals surface area contributed by atoms with Crippen molar-refractivity contribution in [3.05, 3.63) is 99.5 Å². The summed E-state index contributed by atoms with van der Waals surface area (Å²) in [6.07, 6.45) is 0. The van der Waals surface area contributed by atoms with Crippen LogP contribution >= 0.6 is 23.2 Å². The highest BCUT2D eigenvalue weighted by Gasteiger charge is 2.29. The van der Waals surface area contributed by atoms with E-state index in [1.54, 1.807) is 6.07 Å². The molecule has 0 radical (unpaired) electrons. The summed E-state index contributed by atoms with van der Waals surface area (Å²) in [5.41, 5.74) is 4.05. The highest BCUT2D eigenvalue weighted by Crippen LogP contribution is 2.36. The molecule has 1 atom stereocenters.